The molecule has 2 heterocycles. The van der Waals surface area contributed by atoms with Gasteiger partial charge in [0.25, 0.3) is 0 Å². The molecule has 0 saturated carbocycles. The van der Waals surface area contributed by atoms with Crippen LogP contribution in [0.2, 0.25) is 0 Å². The van der Waals surface area contributed by atoms with Crippen LogP contribution in [0.25, 0.3) is 0 Å². The summed E-state index contributed by atoms with van der Waals surface area (Å²) in [4.78, 5) is 4.09. The SMILES string of the molecule is CNCC1CCCN1Cc1cccs1.Cl. The molecule has 0 bridgehead atoms. The van der Waals surface area contributed by atoms with Crippen molar-refractivity contribution in [2.75, 3.05) is 20.1 Å². The first kappa shape index (κ1) is 13.0. The van der Waals surface area contributed by atoms with Crippen molar-refractivity contribution >= 4 is 23.7 Å². The average Bonchev–Trinajstić information content (AvgIpc) is 2.80. The monoisotopic (exact) mass is 246 g/mol. The Morgan fingerprint density at radius 3 is 3.13 bits per heavy atom. The summed E-state index contributed by atoms with van der Waals surface area (Å²) in [6.45, 7) is 3.54. The molecule has 1 aliphatic rings. The molecule has 1 aromatic rings. The Labute approximate surface area is 102 Å². The van der Waals surface area contributed by atoms with E-state index >= 15 is 0 Å². The zero-order valence-corrected chi connectivity index (χ0v) is 10.7. The predicted molar refractivity (Wildman–Crippen MR) is 68.9 cm³/mol. The highest BCUT2D eigenvalue weighted by Gasteiger charge is 2.23. The van der Waals surface area contributed by atoms with E-state index in [0.717, 1.165) is 19.1 Å². The van der Waals surface area contributed by atoms with Crippen molar-refractivity contribution in [3.63, 3.8) is 0 Å². The van der Waals surface area contributed by atoms with Gasteiger partial charge in [0.1, 0.15) is 0 Å². The van der Waals surface area contributed by atoms with Crippen molar-refractivity contribution in [3.8, 4) is 0 Å². The second kappa shape index (κ2) is 6.48. The van der Waals surface area contributed by atoms with Gasteiger partial charge in [-0.1, -0.05) is 6.07 Å². The Balaban J connectivity index is 0.00000112. The van der Waals surface area contributed by atoms with Crippen LogP contribution in [0.1, 0.15) is 17.7 Å². The molecule has 0 spiro atoms. The number of nitrogens with one attached hydrogen (secondary N) is 1. The van der Waals surface area contributed by atoms with Gasteiger partial charge in [-0.15, -0.1) is 23.7 Å². The molecule has 1 N–H and O–H groups in total. The van der Waals surface area contributed by atoms with Gasteiger partial charge in [-0.2, -0.15) is 0 Å². The number of rotatable bonds is 4. The second-order valence-electron chi connectivity index (χ2n) is 3.90. The third kappa shape index (κ3) is 3.45. The minimum atomic E-state index is 0. The van der Waals surface area contributed by atoms with E-state index < -0.39 is 0 Å². The van der Waals surface area contributed by atoms with Gasteiger partial charge in [-0.05, 0) is 37.9 Å². The molecule has 0 aromatic carbocycles. The van der Waals surface area contributed by atoms with Gasteiger partial charge in [-0.3, -0.25) is 4.90 Å². The molecule has 4 heteroatoms. The average molecular weight is 247 g/mol. The topological polar surface area (TPSA) is 15.3 Å². The first-order valence-corrected chi connectivity index (χ1v) is 6.19. The summed E-state index contributed by atoms with van der Waals surface area (Å²) in [6.07, 6.45) is 2.71. The normalized spacial score (nSPS) is 21.5. The lowest BCUT2D eigenvalue weighted by atomic mass is 10.2. The summed E-state index contributed by atoms with van der Waals surface area (Å²) < 4.78 is 0. The Morgan fingerprint density at radius 2 is 2.47 bits per heavy atom. The number of likely N-dealkylation sites (N-methyl/N-ethyl adjacent to an activating group) is 1. The molecule has 1 unspecified atom stereocenters. The van der Waals surface area contributed by atoms with E-state index in [1.165, 1.54) is 24.3 Å². The van der Waals surface area contributed by atoms with Crippen molar-refractivity contribution in [1.82, 2.24) is 10.2 Å². The van der Waals surface area contributed by atoms with Crippen molar-refractivity contribution in [3.05, 3.63) is 22.4 Å². The minimum Gasteiger partial charge on any atom is -0.318 e. The number of hydrogen-bond donors (Lipinski definition) is 1. The summed E-state index contributed by atoms with van der Waals surface area (Å²) >= 11 is 1.87. The van der Waals surface area contributed by atoms with Gasteiger partial charge in [-0.25, -0.2) is 0 Å². The third-order valence-corrected chi connectivity index (χ3v) is 3.74. The zero-order valence-electron chi connectivity index (χ0n) is 9.11. The van der Waals surface area contributed by atoms with E-state index in [4.69, 9.17) is 0 Å². The molecule has 15 heavy (non-hydrogen) atoms. The van der Waals surface area contributed by atoms with Gasteiger partial charge in [0.05, 0.1) is 0 Å². The van der Waals surface area contributed by atoms with E-state index in [-0.39, 0.29) is 12.4 Å². The minimum absolute atomic E-state index is 0. The Bertz CT molecular complexity index is 264. The molecule has 1 aromatic heterocycles. The van der Waals surface area contributed by atoms with Gasteiger partial charge in [0.2, 0.25) is 0 Å². The maximum absolute atomic E-state index is 3.28. The lowest BCUT2D eigenvalue weighted by Gasteiger charge is -2.23. The number of hydrogen-bond acceptors (Lipinski definition) is 3. The first-order valence-electron chi connectivity index (χ1n) is 5.31. The van der Waals surface area contributed by atoms with Crippen LogP contribution in [0.15, 0.2) is 17.5 Å². The van der Waals surface area contributed by atoms with Crippen LogP contribution in [0, 0.1) is 0 Å². The highest BCUT2D eigenvalue weighted by molar-refractivity contribution is 7.09. The maximum atomic E-state index is 3.28. The molecule has 1 saturated heterocycles. The Kier molecular flexibility index (Phi) is 5.61. The number of likely N-dealkylation sites (tertiary alicyclic amines) is 1. The molecule has 86 valence electrons. The molecule has 1 aliphatic heterocycles. The molecular weight excluding hydrogens is 228 g/mol. The lowest BCUT2D eigenvalue weighted by molar-refractivity contribution is 0.244. The molecular formula is C11H19ClN2S. The van der Waals surface area contributed by atoms with Crippen LogP contribution < -0.4 is 5.32 Å². The largest absolute Gasteiger partial charge is 0.318 e. The van der Waals surface area contributed by atoms with Crippen molar-refractivity contribution < 1.29 is 0 Å². The molecule has 0 amide bonds. The van der Waals surface area contributed by atoms with Gasteiger partial charge in [0.15, 0.2) is 0 Å². The lowest BCUT2D eigenvalue weighted by Crippen LogP contribution is -2.36. The van der Waals surface area contributed by atoms with E-state index in [9.17, 15) is 0 Å². The Hall–Kier alpha value is -0.0900. The third-order valence-electron chi connectivity index (χ3n) is 2.88. The highest BCUT2D eigenvalue weighted by atomic mass is 35.5. The molecule has 0 aliphatic carbocycles. The van der Waals surface area contributed by atoms with E-state index in [2.05, 4.69) is 27.7 Å². The zero-order chi connectivity index (χ0) is 9.80. The summed E-state index contributed by atoms with van der Waals surface area (Å²) in [5.41, 5.74) is 0. The van der Waals surface area contributed by atoms with Gasteiger partial charge < -0.3 is 5.32 Å². The van der Waals surface area contributed by atoms with Crippen LogP contribution >= 0.6 is 23.7 Å². The summed E-state index contributed by atoms with van der Waals surface area (Å²) in [5.74, 6) is 0. The van der Waals surface area contributed by atoms with E-state index in [0.29, 0.717) is 0 Å². The second-order valence-corrected chi connectivity index (χ2v) is 4.94. The molecule has 2 rings (SSSR count). The number of halogens is 1. The van der Waals surface area contributed by atoms with Crippen LogP contribution in [0.3, 0.4) is 0 Å². The first-order chi connectivity index (χ1) is 6.90. The van der Waals surface area contributed by atoms with Gasteiger partial charge >= 0.3 is 0 Å². The van der Waals surface area contributed by atoms with Crippen LogP contribution in [-0.2, 0) is 6.54 Å². The standard InChI is InChI=1S/C11H18N2S.ClH/c1-12-8-10-4-2-6-13(10)9-11-5-3-7-14-11;/h3,5,7,10,12H,2,4,6,8-9H2,1H3;1H. The molecule has 2 nitrogen and oxygen atoms in total. The number of nitrogens with zero attached hydrogens (tertiary/aromatic N) is 1. The fourth-order valence-electron chi connectivity index (χ4n) is 2.17. The molecule has 1 atom stereocenters. The summed E-state index contributed by atoms with van der Waals surface area (Å²) in [7, 11) is 2.04. The quantitative estimate of drug-likeness (QED) is 0.878. The summed E-state index contributed by atoms with van der Waals surface area (Å²) in [6, 6.07) is 5.13. The summed E-state index contributed by atoms with van der Waals surface area (Å²) in [5, 5.41) is 5.45. The predicted octanol–water partition coefficient (Wildman–Crippen LogP) is 2.35. The van der Waals surface area contributed by atoms with E-state index in [1.54, 1.807) is 0 Å². The Morgan fingerprint density at radius 1 is 1.60 bits per heavy atom. The van der Waals surface area contributed by atoms with E-state index in [1.807, 2.05) is 18.4 Å². The highest BCUT2D eigenvalue weighted by Crippen LogP contribution is 2.21. The van der Waals surface area contributed by atoms with Gasteiger partial charge in [0, 0.05) is 24.0 Å². The van der Waals surface area contributed by atoms with Crippen LogP contribution in [0.4, 0.5) is 0 Å². The molecule has 0 radical (unpaired) electrons. The fraction of sp³-hybridized carbons (Fsp3) is 0.636. The number of thiophene rings is 1. The maximum Gasteiger partial charge on any atom is 0.0331 e. The van der Waals surface area contributed by atoms with Crippen LogP contribution in [-0.4, -0.2) is 31.1 Å². The van der Waals surface area contributed by atoms with Crippen LogP contribution in [0.5, 0.6) is 0 Å². The smallest absolute Gasteiger partial charge is 0.0331 e. The van der Waals surface area contributed by atoms with Crippen molar-refractivity contribution in [2.45, 2.75) is 25.4 Å². The van der Waals surface area contributed by atoms with Crippen molar-refractivity contribution in [2.24, 2.45) is 0 Å². The van der Waals surface area contributed by atoms with Crippen molar-refractivity contribution in [1.29, 1.82) is 0 Å². The fourth-order valence-corrected chi connectivity index (χ4v) is 2.90. The molecule has 1 fully saturated rings.